The van der Waals surface area contributed by atoms with E-state index in [4.69, 9.17) is 0 Å². The van der Waals surface area contributed by atoms with Crippen molar-refractivity contribution >= 4 is 0 Å². The van der Waals surface area contributed by atoms with E-state index < -0.39 is 0 Å². The van der Waals surface area contributed by atoms with Crippen LogP contribution in [0.15, 0.2) is 0 Å². The zero-order chi connectivity index (χ0) is 9.03. The summed E-state index contributed by atoms with van der Waals surface area (Å²) in [6.45, 7) is 4.74. The Labute approximate surface area is 76.9 Å². The van der Waals surface area contributed by atoms with Gasteiger partial charge < -0.3 is 5.32 Å². The predicted octanol–water partition coefficient (Wildman–Crippen LogP) is 2.95. The monoisotopic (exact) mass is 169 g/mol. The van der Waals surface area contributed by atoms with Gasteiger partial charge in [0.1, 0.15) is 0 Å². The molecule has 0 amide bonds. The van der Waals surface area contributed by atoms with E-state index in [2.05, 4.69) is 26.2 Å². The summed E-state index contributed by atoms with van der Waals surface area (Å²) in [6.07, 6.45) is 8.40. The fourth-order valence-corrected chi connectivity index (χ4v) is 2.40. The SMILES string of the molecule is CCCCC1(C)CCC(NC)C1. The van der Waals surface area contributed by atoms with Crippen molar-refractivity contribution in [1.29, 1.82) is 0 Å². The Morgan fingerprint density at radius 2 is 2.25 bits per heavy atom. The van der Waals surface area contributed by atoms with E-state index >= 15 is 0 Å². The molecular formula is C11H23N. The second-order valence-corrected chi connectivity index (χ2v) is 4.64. The summed E-state index contributed by atoms with van der Waals surface area (Å²) >= 11 is 0. The van der Waals surface area contributed by atoms with Crippen molar-refractivity contribution in [3.63, 3.8) is 0 Å². The van der Waals surface area contributed by atoms with Gasteiger partial charge in [-0.3, -0.25) is 0 Å². The van der Waals surface area contributed by atoms with Crippen LogP contribution >= 0.6 is 0 Å². The Morgan fingerprint density at radius 3 is 2.75 bits per heavy atom. The maximum atomic E-state index is 3.40. The molecule has 12 heavy (non-hydrogen) atoms. The lowest BCUT2D eigenvalue weighted by atomic mass is 9.83. The Kier molecular flexibility index (Phi) is 3.57. The highest BCUT2D eigenvalue weighted by atomic mass is 14.9. The molecule has 1 aliphatic rings. The highest BCUT2D eigenvalue weighted by Crippen LogP contribution is 2.41. The van der Waals surface area contributed by atoms with E-state index in [0.717, 1.165) is 6.04 Å². The number of rotatable bonds is 4. The summed E-state index contributed by atoms with van der Waals surface area (Å²) in [6, 6.07) is 0.798. The van der Waals surface area contributed by atoms with Crippen LogP contribution in [0, 0.1) is 5.41 Å². The van der Waals surface area contributed by atoms with Gasteiger partial charge in [0, 0.05) is 6.04 Å². The van der Waals surface area contributed by atoms with Crippen LogP contribution in [0.3, 0.4) is 0 Å². The molecule has 0 aromatic heterocycles. The molecule has 0 bridgehead atoms. The van der Waals surface area contributed by atoms with Crippen molar-refractivity contribution in [3.8, 4) is 0 Å². The topological polar surface area (TPSA) is 12.0 Å². The number of nitrogens with one attached hydrogen (secondary N) is 1. The molecule has 0 radical (unpaired) electrons. The Hall–Kier alpha value is -0.0400. The molecule has 0 aromatic carbocycles. The smallest absolute Gasteiger partial charge is 0.00694 e. The molecular weight excluding hydrogens is 146 g/mol. The molecule has 0 saturated heterocycles. The summed E-state index contributed by atoms with van der Waals surface area (Å²) in [4.78, 5) is 0. The van der Waals surface area contributed by atoms with Crippen LogP contribution in [-0.4, -0.2) is 13.1 Å². The van der Waals surface area contributed by atoms with Crippen molar-refractivity contribution in [3.05, 3.63) is 0 Å². The van der Waals surface area contributed by atoms with Gasteiger partial charge in [-0.15, -0.1) is 0 Å². The summed E-state index contributed by atoms with van der Waals surface area (Å²) in [7, 11) is 2.09. The molecule has 72 valence electrons. The molecule has 1 nitrogen and oxygen atoms in total. The molecule has 2 atom stereocenters. The van der Waals surface area contributed by atoms with E-state index in [-0.39, 0.29) is 0 Å². The highest BCUT2D eigenvalue weighted by Gasteiger charge is 2.33. The first-order valence-electron chi connectivity index (χ1n) is 5.37. The lowest BCUT2D eigenvalue weighted by Crippen LogP contribution is -2.23. The lowest BCUT2D eigenvalue weighted by Gasteiger charge is -2.23. The molecule has 1 saturated carbocycles. The van der Waals surface area contributed by atoms with Gasteiger partial charge in [0.2, 0.25) is 0 Å². The standard InChI is InChI=1S/C11H23N/c1-4-5-7-11(2)8-6-10(9-11)12-3/h10,12H,4-9H2,1-3H3. The molecule has 0 heterocycles. The normalized spacial score (nSPS) is 35.8. The first-order valence-corrected chi connectivity index (χ1v) is 5.37. The summed E-state index contributed by atoms with van der Waals surface area (Å²) in [5, 5.41) is 3.40. The van der Waals surface area contributed by atoms with Gasteiger partial charge in [-0.2, -0.15) is 0 Å². The van der Waals surface area contributed by atoms with E-state index in [9.17, 15) is 0 Å². The Balaban J connectivity index is 2.31. The summed E-state index contributed by atoms with van der Waals surface area (Å²) in [5.41, 5.74) is 0.656. The van der Waals surface area contributed by atoms with Gasteiger partial charge >= 0.3 is 0 Å². The van der Waals surface area contributed by atoms with Crippen LogP contribution in [0.5, 0.6) is 0 Å². The van der Waals surface area contributed by atoms with E-state index in [1.165, 1.54) is 38.5 Å². The first kappa shape index (κ1) is 10.0. The van der Waals surface area contributed by atoms with Crippen LogP contribution in [-0.2, 0) is 0 Å². The summed E-state index contributed by atoms with van der Waals surface area (Å²) in [5.74, 6) is 0. The fourth-order valence-electron chi connectivity index (χ4n) is 2.40. The van der Waals surface area contributed by atoms with E-state index in [1.807, 2.05) is 0 Å². The maximum Gasteiger partial charge on any atom is 0.00694 e. The van der Waals surface area contributed by atoms with Crippen LogP contribution in [0.25, 0.3) is 0 Å². The third-order valence-corrected chi connectivity index (χ3v) is 3.38. The van der Waals surface area contributed by atoms with Crippen LogP contribution in [0.2, 0.25) is 0 Å². The van der Waals surface area contributed by atoms with Crippen molar-refractivity contribution in [1.82, 2.24) is 5.32 Å². The van der Waals surface area contributed by atoms with Gasteiger partial charge in [0.25, 0.3) is 0 Å². The largest absolute Gasteiger partial charge is 0.317 e. The van der Waals surface area contributed by atoms with Crippen molar-refractivity contribution in [2.24, 2.45) is 5.41 Å². The average Bonchev–Trinajstić information content (AvgIpc) is 2.45. The second-order valence-electron chi connectivity index (χ2n) is 4.64. The molecule has 1 fully saturated rings. The number of unbranched alkanes of at least 4 members (excludes halogenated alkanes) is 1. The molecule has 0 aliphatic heterocycles. The Morgan fingerprint density at radius 1 is 1.50 bits per heavy atom. The molecule has 0 spiro atoms. The third-order valence-electron chi connectivity index (χ3n) is 3.38. The minimum absolute atomic E-state index is 0.656. The summed E-state index contributed by atoms with van der Waals surface area (Å²) < 4.78 is 0. The average molecular weight is 169 g/mol. The molecule has 1 N–H and O–H groups in total. The second kappa shape index (κ2) is 4.27. The van der Waals surface area contributed by atoms with Crippen LogP contribution in [0.4, 0.5) is 0 Å². The zero-order valence-electron chi connectivity index (χ0n) is 8.82. The molecule has 1 aliphatic carbocycles. The number of hydrogen-bond donors (Lipinski definition) is 1. The van der Waals surface area contributed by atoms with Crippen molar-refractivity contribution in [2.75, 3.05) is 7.05 Å². The minimum atomic E-state index is 0.656. The Bertz CT molecular complexity index is 133. The van der Waals surface area contributed by atoms with Gasteiger partial charge in [-0.05, 0) is 38.1 Å². The van der Waals surface area contributed by atoms with Gasteiger partial charge in [0.05, 0.1) is 0 Å². The molecule has 1 rings (SSSR count). The van der Waals surface area contributed by atoms with Gasteiger partial charge in [0.15, 0.2) is 0 Å². The van der Waals surface area contributed by atoms with Crippen LogP contribution < -0.4 is 5.32 Å². The maximum absolute atomic E-state index is 3.40. The number of hydrogen-bond acceptors (Lipinski definition) is 1. The highest BCUT2D eigenvalue weighted by molar-refractivity contribution is 4.88. The predicted molar refractivity (Wildman–Crippen MR) is 54.3 cm³/mol. The third kappa shape index (κ3) is 2.48. The van der Waals surface area contributed by atoms with Gasteiger partial charge in [-0.25, -0.2) is 0 Å². The van der Waals surface area contributed by atoms with E-state index in [0.29, 0.717) is 5.41 Å². The minimum Gasteiger partial charge on any atom is -0.317 e. The molecule has 2 unspecified atom stereocenters. The molecule has 1 heteroatoms. The quantitative estimate of drug-likeness (QED) is 0.682. The zero-order valence-corrected chi connectivity index (χ0v) is 8.82. The lowest BCUT2D eigenvalue weighted by molar-refractivity contribution is 0.290. The van der Waals surface area contributed by atoms with Gasteiger partial charge in [-0.1, -0.05) is 26.7 Å². The molecule has 0 aromatic rings. The first-order chi connectivity index (χ1) is 5.70. The van der Waals surface area contributed by atoms with Crippen LogP contribution in [0.1, 0.15) is 52.4 Å². The fraction of sp³-hybridized carbons (Fsp3) is 1.00. The van der Waals surface area contributed by atoms with Crippen molar-refractivity contribution < 1.29 is 0 Å². The van der Waals surface area contributed by atoms with E-state index in [1.54, 1.807) is 0 Å². The van der Waals surface area contributed by atoms with Crippen molar-refractivity contribution in [2.45, 2.75) is 58.4 Å².